The number of allylic oxidation sites excluding steroid dienone is 2. The molecule has 0 unspecified atom stereocenters. The summed E-state index contributed by atoms with van der Waals surface area (Å²) in [6.45, 7) is 13.5. The highest BCUT2D eigenvalue weighted by Gasteiger charge is 2.50. The standard InChI is InChI=1S/C49H62N2O15/c1-11-63-48(61)33(21-30-15-17-31(53)18-16-30)50-22-32-38-43(58)36-35(42(32)57)37-45(28(7)41(36)56)66-49(9,46(37)59)64-20-19-34(62-10)25(4)44(65-29(8)52)27(6)40(55)26(5)39(54)23(2)13-12-14-24(3)47(60)51-38/h12-20,23,25-27,33-34,39-40,44,50,53-58H,11,21-22H2,1-10H3,(H,51,60)/b13-12+,20-19+,24-14-/t23-,25+,26+,27+,33-,34-,39-,40+,44+,49-/m0/s1. The lowest BCUT2D eigenvalue weighted by Crippen LogP contribution is -2.46. The number of hydrogen-bond acceptors (Lipinski definition) is 16. The number of hydrogen-bond donors (Lipinski definition) is 8. The van der Waals surface area contributed by atoms with Crippen molar-refractivity contribution in [1.82, 2.24) is 5.32 Å². The predicted molar refractivity (Wildman–Crippen MR) is 243 cm³/mol. The summed E-state index contributed by atoms with van der Waals surface area (Å²) < 4.78 is 29.0. The Balaban J connectivity index is 1.71. The van der Waals surface area contributed by atoms with Gasteiger partial charge in [-0.25, -0.2) is 0 Å². The zero-order chi connectivity index (χ0) is 48.9. The fourth-order valence-electron chi connectivity index (χ4n) is 8.53. The maximum atomic E-state index is 14.6. The van der Waals surface area contributed by atoms with E-state index in [1.54, 1.807) is 58.9 Å². The van der Waals surface area contributed by atoms with Crippen LogP contribution in [0.25, 0.3) is 10.8 Å². The molecule has 10 atom stereocenters. The first-order valence-electron chi connectivity index (χ1n) is 21.8. The summed E-state index contributed by atoms with van der Waals surface area (Å²) in [7, 11) is 1.41. The monoisotopic (exact) mass is 918 g/mol. The van der Waals surface area contributed by atoms with E-state index in [9.17, 15) is 49.8 Å². The van der Waals surface area contributed by atoms with E-state index in [0.717, 1.165) is 6.26 Å². The van der Waals surface area contributed by atoms with Crippen LogP contribution >= 0.6 is 0 Å². The van der Waals surface area contributed by atoms with Crippen molar-refractivity contribution in [3.05, 3.63) is 82.7 Å². The summed E-state index contributed by atoms with van der Waals surface area (Å²) in [6, 6.07) is 5.06. The summed E-state index contributed by atoms with van der Waals surface area (Å²) >= 11 is 0. The number of phenolic OH excluding ortho intramolecular Hbond substituents is 4. The van der Waals surface area contributed by atoms with E-state index in [1.807, 2.05) is 0 Å². The molecule has 8 N–H and O–H groups in total. The Morgan fingerprint density at radius 2 is 1.58 bits per heavy atom. The highest BCUT2D eigenvalue weighted by atomic mass is 16.7. The number of ketones is 1. The highest BCUT2D eigenvalue weighted by molar-refractivity contribution is 6.22. The van der Waals surface area contributed by atoms with Crippen LogP contribution < -0.4 is 15.4 Å². The van der Waals surface area contributed by atoms with Gasteiger partial charge in [0.2, 0.25) is 0 Å². The first-order chi connectivity index (χ1) is 31.1. The molecule has 6 rings (SSSR count). The molecular weight excluding hydrogens is 857 g/mol. The zero-order valence-corrected chi connectivity index (χ0v) is 38.9. The minimum Gasteiger partial charge on any atom is -0.508 e. The van der Waals surface area contributed by atoms with Crippen LogP contribution in [-0.2, 0) is 46.3 Å². The van der Waals surface area contributed by atoms with E-state index >= 15 is 0 Å². The normalized spacial score (nSPS) is 28.4. The van der Waals surface area contributed by atoms with Gasteiger partial charge in [-0.05, 0) is 51.0 Å². The average molecular weight is 919 g/mol. The van der Waals surface area contributed by atoms with Crippen molar-refractivity contribution in [3.63, 3.8) is 0 Å². The SMILES string of the molecule is CCOC(=O)[C@H](Cc1ccc(O)cc1)NCc1c2c(O)c3c(O)c(C)c4c(c3c1O)C(=O)[C@@](C)(O/C=C/[C@H](OC)[C@@H](C)[C@@H](OC(C)=O)[C@H](C)[C@H](O)[C@H](C)[C@@H](O)[C@@H](C)/C=C/C=C(/C)C(=O)N2)O4. The van der Waals surface area contributed by atoms with Crippen molar-refractivity contribution < 1.29 is 73.5 Å². The van der Waals surface area contributed by atoms with Crippen LogP contribution in [0.5, 0.6) is 28.7 Å². The molecule has 66 heavy (non-hydrogen) atoms. The van der Waals surface area contributed by atoms with Gasteiger partial charge >= 0.3 is 17.7 Å². The number of aromatic hydroxyl groups is 4. The van der Waals surface area contributed by atoms with E-state index in [2.05, 4.69) is 10.6 Å². The topological polar surface area (TPSA) is 260 Å². The van der Waals surface area contributed by atoms with Gasteiger partial charge in [-0.15, -0.1) is 0 Å². The van der Waals surface area contributed by atoms with E-state index in [0.29, 0.717) is 5.56 Å². The Morgan fingerprint density at radius 1 is 0.909 bits per heavy atom. The molecule has 3 aliphatic heterocycles. The summed E-state index contributed by atoms with van der Waals surface area (Å²) in [5, 5.41) is 73.9. The lowest BCUT2D eigenvalue weighted by Gasteiger charge is -2.38. The summed E-state index contributed by atoms with van der Waals surface area (Å²) in [4.78, 5) is 54.3. The molecule has 0 fully saturated rings. The second-order valence-electron chi connectivity index (χ2n) is 17.2. The number of rotatable bonds is 9. The molecule has 3 aromatic carbocycles. The van der Waals surface area contributed by atoms with Crippen molar-refractivity contribution in [3.8, 4) is 28.7 Å². The fourth-order valence-corrected chi connectivity index (χ4v) is 8.53. The number of anilines is 1. The number of esters is 2. The molecular formula is C49H62N2O15. The molecule has 358 valence electrons. The quantitative estimate of drug-likeness (QED) is 0.0725. The minimum absolute atomic E-state index is 0.00582. The number of nitrogens with one attached hydrogen (secondary N) is 2. The molecule has 0 saturated carbocycles. The molecule has 3 aromatic rings. The van der Waals surface area contributed by atoms with Gasteiger partial charge < -0.3 is 59.6 Å². The lowest BCUT2D eigenvalue weighted by molar-refractivity contribution is -0.160. The van der Waals surface area contributed by atoms with E-state index in [1.165, 1.54) is 59.1 Å². The molecule has 0 radical (unpaired) electrons. The van der Waals surface area contributed by atoms with Crippen LogP contribution in [-0.4, -0.2) is 104 Å². The number of benzene rings is 3. The number of phenols is 4. The Hall–Kier alpha value is -6.14. The number of carbonyl (C=O) groups excluding carboxylic acids is 4. The highest BCUT2D eigenvalue weighted by Crippen LogP contribution is 2.55. The Morgan fingerprint density at radius 3 is 2.20 bits per heavy atom. The summed E-state index contributed by atoms with van der Waals surface area (Å²) in [5.41, 5.74) is -0.0693. The smallest absolute Gasteiger partial charge is 0.323 e. The molecule has 3 heterocycles. The molecule has 1 amide bonds. The number of fused-ring (bicyclic) bond motifs is 14. The number of methoxy groups -OCH3 is 1. The number of aliphatic hydroxyl groups excluding tert-OH is 2. The Kier molecular flexibility index (Phi) is 16.2. The molecule has 17 heteroatoms. The van der Waals surface area contributed by atoms with Gasteiger partial charge in [0.05, 0.1) is 47.8 Å². The van der Waals surface area contributed by atoms with Crippen molar-refractivity contribution in [2.75, 3.05) is 19.0 Å². The number of Topliss-reactive ketones (excluding diaryl/α,β-unsaturated/α-hetero) is 1. The number of amides is 1. The molecule has 5 bridgehead atoms. The Labute approximate surface area is 383 Å². The van der Waals surface area contributed by atoms with Crippen LogP contribution in [0.4, 0.5) is 5.69 Å². The molecule has 17 nitrogen and oxygen atoms in total. The maximum Gasteiger partial charge on any atom is 0.323 e. The molecule has 0 aromatic heterocycles. The van der Waals surface area contributed by atoms with Crippen molar-refractivity contribution in [1.29, 1.82) is 0 Å². The Bertz CT molecular complexity index is 2410. The van der Waals surface area contributed by atoms with Gasteiger partial charge in [0.1, 0.15) is 35.1 Å². The number of ether oxygens (including phenoxy) is 5. The lowest BCUT2D eigenvalue weighted by atomic mass is 9.78. The average Bonchev–Trinajstić information content (AvgIpc) is 3.54. The maximum absolute atomic E-state index is 14.6. The van der Waals surface area contributed by atoms with Gasteiger partial charge in [0.15, 0.2) is 5.75 Å². The second-order valence-corrected chi connectivity index (χ2v) is 17.2. The second kappa shape index (κ2) is 21.0. The van der Waals surface area contributed by atoms with Gasteiger partial charge in [-0.3, -0.25) is 24.5 Å². The van der Waals surface area contributed by atoms with Crippen molar-refractivity contribution in [2.45, 2.75) is 112 Å². The minimum atomic E-state index is -2.12. The molecule has 3 aliphatic rings. The van der Waals surface area contributed by atoms with Crippen LogP contribution in [0.3, 0.4) is 0 Å². The van der Waals surface area contributed by atoms with Crippen LogP contribution in [0, 0.1) is 30.6 Å². The van der Waals surface area contributed by atoms with E-state index < -0.39 is 107 Å². The van der Waals surface area contributed by atoms with Gasteiger partial charge in [-0.2, -0.15) is 0 Å². The molecule has 0 saturated heterocycles. The van der Waals surface area contributed by atoms with Crippen molar-refractivity contribution >= 4 is 40.1 Å². The van der Waals surface area contributed by atoms with Crippen LogP contribution in [0.1, 0.15) is 82.4 Å². The van der Waals surface area contributed by atoms with Crippen LogP contribution in [0.15, 0.2) is 60.4 Å². The first kappa shape index (κ1) is 50.9. The van der Waals surface area contributed by atoms with E-state index in [4.69, 9.17) is 23.7 Å². The molecule has 0 spiro atoms. The van der Waals surface area contributed by atoms with Crippen molar-refractivity contribution in [2.24, 2.45) is 23.7 Å². The largest absolute Gasteiger partial charge is 0.508 e. The zero-order valence-electron chi connectivity index (χ0n) is 38.9. The fraction of sp³-hybridized carbons (Fsp3) is 0.469. The summed E-state index contributed by atoms with van der Waals surface area (Å²) in [6.07, 6.45) is 3.27. The number of carbonyl (C=O) groups is 4. The third-order valence-electron chi connectivity index (χ3n) is 12.6. The van der Waals surface area contributed by atoms with Gasteiger partial charge in [0, 0.05) is 73.3 Å². The third kappa shape index (κ3) is 10.4. The number of aliphatic hydroxyl groups is 2. The van der Waals surface area contributed by atoms with Crippen LogP contribution in [0.2, 0.25) is 0 Å². The van der Waals surface area contributed by atoms with Gasteiger partial charge in [-0.1, -0.05) is 58.1 Å². The predicted octanol–water partition coefficient (Wildman–Crippen LogP) is 5.72. The first-order valence-corrected chi connectivity index (χ1v) is 21.8. The van der Waals surface area contributed by atoms with E-state index in [-0.39, 0.29) is 63.3 Å². The summed E-state index contributed by atoms with van der Waals surface area (Å²) in [5.74, 6) is -9.74. The van der Waals surface area contributed by atoms with Gasteiger partial charge in [0.25, 0.3) is 11.7 Å². The third-order valence-corrected chi connectivity index (χ3v) is 12.6. The molecule has 0 aliphatic carbocycles.